The first-order valence-electron chi connectivity index (χ1n) is 11.6. The van der Waals surface area contributed by atoms with Crippen LogP contribution in [0.3, 0.4) is 0 Å². The summed E-state index contributed by atoms with van der Waals surface area (Å²) in [6.07, 6.45) is 4.14. The lowest BCUT2D eigenvalue weighted by Crippen LogP contribution is -2.48. The van der Waals surface area contributed by atoms with Gasteiger partial charge in [0.1, 0.15) is 11.6 Å². The van der Waals surface area contributed by atoms with Crippen molar-refractivity contribution in [3.63, 3.8) is 0 Å². The Morgan fingerprint density at radius 3 is 2.91 bits per heavy atom. The van der Waals surface area contributed by atoms with Gasteiger partial charge in [-0.2, -0.15) is 0 Å². The van der Waals surface area contributed by atoms with Gasteiger partial charge in [0.2, 0.25) is 0 Å². The zero-order valence-electron chi connectivity index (χ0n) is 19.6. The van der Waals surface area contributed by atoms with Crippen LogP contribution in [-0.4, -0.2) is 58.4 Å². The van der Waals surface area contributed by atoms with Crippen LogP contribution in [0.5, 0.6) is 5.75 Å². The normalized spacial score (nSPS) is 17.2. The average molecular weight is 495 g/mol. The zero-order valence-corrected chi connectivity index (χ0v) is 20.4. The molecule has 9 nitrogen and oxygen atoms in total. The summed E-state index contributed by atoms with van der Waals surface area (Å²) in [6.45, 7) is 5.77. The highest BCUT2D eigenvalue weighted by molar-refractivity contribution is 6.33. The number of ether oxygens (including phenoxy) is 1. The number of halogens is 1. The molecule has 3 aromatic rings. The molecule has 0 aliphatic carbocycles. The number of hydrogen-bond donors (Lipinski definition) is 2. The number of fused-ring (bicyclic) bond motifs is 4. The van der Waals surface area contributed by atoms with Gasteiger partial charge < -0.3 is 14.7 Å². The molecular formula is C25H27ClN6O3. The molecule has 0 radical (unpaired) electrons. The minimum absolute atomic E-state index is 0.00645. The summed E-state index contributed by atoms with van der Waals surface area (Å²) in [4.78, 5) is 30.9. The first-order valence-corrected chi connectivity index (χ1v) is 12.0. The summed E-state index contributed by atoms with van der Waals surface area (Å²) in [5.74, 6) is 1.54. The van der Waals surface area contributed by atoms with Crippen molar-refractivity contribution in [1.82, 2.24) is 15.0 Å². The topological polar surface area (TPSA) is 104 Å². The summed E-state index contributed by atoms with van der Waals surface area (Å²) in [5.41, 5.74) is 3.17. The van der Waals surface area contributed by atoms with Crippen molar-refractivity contribution in [3.8, 4) is 17.0 Å². The maximum Gasteiger partial charge on any atom is 0.329 e. The number of nitrogens with zero attached hydrogens (tertiary/aromatic N) is 5. The number of carbonyl (C=O) groups is 1. The molecular weight excluding hydrogens is 468 g/mol. The van der Waals surface area contributed by atoms with E-state index < -0.39 is 0 Å². The highest BCUT2D eigenvalue weighted by Gasteiger charge is 2.41. The third kappa shape index (κ3) is 4.74. The number of pyridine rings is 3. The molecule has 35 heavy (non-hydrogen) atoms. The Balaban J connectivity index is 1.44. The molecule has 2 aliphatic rings. The molecule has 3 aromatic heterocycles. The van der Waals surface area contributed by atoms with Crippen molar-refractivity contribution >= 4 is 35.0 Å². The third-order valence-corrected chi connectivity index (χ3v) is 6.52. The van der Waals surface area contributed by atoms with E-state index in [4.69, 9.17) is 21.3 Å². The Morgan fingerprint density at radius 2 is 2.11 bits per heavy atom. The fourth-order valence-corrected chi connectivity index (χ4v) is 4.67. The molecule has 10 heteroatoms. The molecule has 0 spiro atoms. The van der Waals surface area contributed by atoms with Gasteiger partial charge in [0.05, 0.1) is 29.1 Å². The van der Waals surface area contributed by atoms with E-state index in [0.717, 1.165) is 36.5 Å². The third-order valence-electron chi connectivity index (χ3n) is 6.24. The molecule has 0 saturated carbocycles. The van der Waals surface area contributed by atoms with Gasteiger partial charge in [0.25, 0.3) is 0 Å². The molecule has 2 N–H and O–H groups in total. The maximum absolute atomic E-state index is 13.5. The summed E-state index contributed by atoms with van der Waals surface area (Å²) in [5, 5.41) is 12.6. The van der Waals surface area contributed by atoms with Gasteiger partial charge in [-0.05, 0) is 37.6 Å². The monoisotopic (exact) mass is 494 g/mol. The van der Waals surface area contributed by atoms with Gasteiger partial charge in [-0.1, -0.05) is 18.5 Å². The quantitative estimate of drug-likeness (QED) is 0.530. The lowest BCUT2D eigenvalue weighted by molar-refractivity contribution is 0.174. The lowest BCUT2D eigenvalue weighted by Gasteiger charge is -2.36. The predicted molar refractivity (Wildman–Crippen MR) is 135 cm³/mol. The molecule has 1 fully saturated rings. The predicted octanol–water partition coefficient (Wildman–Crippen LogP) is 4.14. The molecule has 1 saturated heterocycles. The lowest BCUT2D eigenvalue weighted by atomic mass is 10.1. The number of anilines is 3. The van der Waals surface area contributed by atoms with Crippen LogP contribution in [0.2, 0.25) is 5.02 Å². The van der Waals surface area contributed by atoms with Crippen LogP contribution in [-0.2, 0) is 0 Å². The SMILES string of the molecule is Cc1cc(-c2nc3c(cc2Cl)N2CCC(C2)N3C(=O)Nc2cc(OC[C@H](C)CO)ccn2)ccn1. The fraction of sp³-hybridized carbons (Fsp3) is 0.360. The van der Waals surface area contributed by atoms with Gasteiger partial charge in [0.15, 0.2) is 5.82 Å². The molecule has 1 unspecified atom stereocenters. The summed E-state index contributed by atoms with van der Waals surface area (Å²) < 4.78 is 5.72. The van der Waals surface area contributed by atoms with Crippen LogP contribution >= 0.6 is 11.6 Å². The second-order valence-corrected chi connectivity index (χ2v) is 9.42. The van der Waals surface area contributed by atoms with E-state index in [9.17, 15) is 9.90 Å². The van der Waals surface area contributed by atoms with Gasteiger partial charge in [-0.25, -0.2) is 14.8 Å². The highest BCUT2D eigenvalue weighted by atomic mass is 35.5. The van der Waals surface area contributed by atoms with Crippen LogP contribution in [0.15, 0.2) is 42.7 Å². The minimum atomic E-state index is -0.308. The molecule has 0 aromatic carbocycles. The molecule has 2 bridgehead atoms. The van der Waals surface area contributed by atoms with Crippen LogP contribution in [0.25, 0.3) is 11.3 Å². The van der Waals surface area contributed by atoms with Gasteiger partial charge in [-0.3, -0.25) is 15.2 Å². The van der Waals surface area contributed by atoms with Crippen LogP contribution in [0.4, 0.5) is 22.1 Å². The van der Waals surface area contributed by atoms with E-state index in [1.54, 1.807) is 29.4 Å². The zero-order chi connectivity index (χ0) is 24.5. The first kappa shape index (κ1) is 23.3. The number of aliphatic hydroxyl groups is 1. The van der Waals surface area contributed by atoms with Crippen LogP contribution in [0, 0.1) is 12.8 Å². The number of aryl methyl sites for hydroxylation is 1. The fourth-order valence-electron chi connectivity index (χ4n) is 4.41. The van der Waals surface area contributed by atoms with Gasteiger partial charge in [-0.15, -0.1) is 0 Å². The number of rotatable bonds is 6. The average Bonchev–Trinajstić information content (AvgIpc) is 3.27. The van der Waals surface area contributed by atoms with E-state index in [2.05, 4.69) is 20.2 Å². The second-order valence-electron chi connectivity index (χ2n) is 9.01. The number of hydrogen-bond acceptors (Lipinski definition) is 7. The summed E-state index contributed by atoms with van der Waals surface area (Å²) in [6, 6.07) is 8.77. The minimum Gasteiger partial charge on any atom is -0.493 e. The van der Waals surface area contributed by atoms with Gasteiger partial charge in [0, 0.05) is 55.3 Å². The standard InChI is InChI=1S/C25H27ClN6O3/c1-15(13-33)14-35-19-4-7-28-22(10-19)29-25(34)32-18-5-8-31(12-18)21-11-20(26)23(30-24(21)32)17-3-6-27-16(2)9-17/h3-4,6-7,9-11,15,18,33H,5,8,12-14H2,1-2H3,(H,28,29,34)/t15-,18?/m1/s1. The Morgan fingerprint density at radius 1 is 1.29 bits per heavy atom. The molecule has 2 amide bonds. The summed E-state index contributed by atoms with van der Waals surface area (Å²) >= 11 is 6.65. The van der Waals surface area contributed by atoms with E-state index >= 15 is 0 Å². The van der Waals surface area contributed by atoms with Crippen molar-refractivity contribution in [3.05, 3.63) is 53.4 Å². The molecule has 2 atom stereocenters. The van der Waals surface area contributed by atoms with Crippen molar-refractivity contribution < 1.29 is 14.6 Å². The van der Waals surface area contributed by atoms with E-state index in [0.29, 0.717) is 34.7 Å². The second kappa shape index (κ2) is 9.67. The van der Waals surface area contributed by atoms with E-state index in [-0.39, 0.29) is 24.6 Å². The Kier molecular flexibility index (Phi) is 6.44. The highest BCUT2D eigenvalue weighted by Crippen LogP contribution is 2.43. The number of aromatic nitrogens is 3. The Bertz CT molecular complexity index is 1260. The van der Waals surface area contributed by atoms with Crippen molar-refractivity contribution in [2.24, 2.45) is 5.92 Å². The van der Waals surface area contributed by atoms with Crippen molar-refractivity contribution in [1.29, 1.82) is 0 Å². The van der Waals surface area contributed by atoms with Crippen molar-refractivity contribution in [2.45, 2.75) is 26.3 Å². The van der Waals surface area contributed by atoms with E-state index in [1.807, 2.05) is 32.0 Å². The Hall–Kier alpha value is -3.43. The molecule has 5 rings (SSSR count). The molecule has 182 valence electrons. The number of urea groups is 1. The van der Waals surface area contributed by atoms with E-state index in [1.165, 1.54) is 0 Å². The maximum atomic E-state index is 13.5. The smallest absolute Gasteiger partial charge is 0.329 e. The number of aliphatic hydroxyl groups excluding tert-OH is 1. The number of amides is 2. The number of nitrogens with one attached hydrogen (secondary N) is 1. The van der Waals surface area contributed by atoms with Crippen molar-refractivity contribution in [2.75, 3.05) is 41.4 Å². The van der Waals surface area contributed by atoms with Crippen LogP contribution in [0.1, 0.15) is 19.0 Å². The number of carbonyl (C=O) groups excluding carboxylic acids is 1. The van der Waals surface area contributed by atoms with Crippen LogP contribution < -0.4 is 19.9 Å². The largest absolute Gasteiger partial charge is 0.493 e. The first-order chi connectivity index (χ1) is 16.9. The molecule has 5 heterocycles. The molecule has 2 aliphatic heterocycles. The summed E-state index contributed by atoms with van der Waals surface area (Å²) in [7, 11) is 0. The van der Waals surface area contributed by atoms with Gasteiger partial charge >= 0.3 is 6.03 Å². The Labute approximate surface area is 208 Å².